The van der Waals surface area contributed by atoms with Crippen molar-refractivity contribution >= 4 is 17.7 Å². The maximum atomic E-state index is 12.2. The van der Waals surface area contributed by atoms with E-state index in [4.69, 9.17) is 9.15 Å². The Hall–Kier alpha value is -4.19. The molecule has 0 aliphatic heterocycles. The Balaban J connectivity index is 1.26. The van der Waals surface area contributed by atoms with Crippen LogP contribution in [0, 0.1) is 0 Å². The molecule has 1 aliphatic rings. The highest BCUT2D eigenvalue weighted by molar-refractivity contribution is 5.91. The number of amides is 1. The first-order valence-corrected chi connectivity index (χ1v) is 11.2. The molecule has 1 heterocycles. The first-order chi connectivity index (χ1) is 16.5. The zero-order valence-corrected chi connectivity index (χ0v) is 18.8. The lowest BCUT2D eigenvalue weighted by Crippen LogP contribution is -2.16. The summed E-state index contributed by atoms with van der Waals surface area (Å²) in [4.78, 5) is 28.3. The normalized spacial score (nSPS) is 13.8. The van der Waals surface area contributed by atoms with Crippen molar-refractivity contribution < 1.29 is 18.7 Å². The molecule has 0 saturated heterocycles. The minimum atomic E-state index is -0.602. The largest absolute Gasteiger partial charge is 0.444 e. The smallest absolute Gasteiger partial charge is 0.413 e. The third-order valence-electron chi connectivity index (χ3n) is 6.34. The van der Waals surface area contributed by atoms with Crippen LogP contribution in [0.15, 0.2) is 89.7 Å². The third kappa shape index (κ3) is 4.35. The summed E-state index contributed by atoms with van der Waals surface area (Å²) < 4.78 is 10.8. The van der Waals surface area contributed by atoms with Crippen LogP contribution in [0.25, 0.3) is 22.5 Å². The van der Waals surface area contributed by atoms with Crippen LogP contribution in [0.4, 0.5) is 10.6 Å². The first-order valence-electron chi connectivity index (χ1n) is 11.2. The second-order valence-corrected chi connectivity index (χ2v) is 8.51. The Labute approximate surface area is 197 Å². The number of nitrogens with one attached hydrogen (secondary N) is 1. The molecule has 5 rings (SSSR count). The van der Waals surface area contributed by atoms with Crippen molar-refractivity contribution in [3.63, 3.8) is 0 Å². The lowest BCUT2D eigenvalue weighted by molar-refractivity contribution is -0.119. The molecule has 1 aromatic heterocycles. The summed E-state index contributed by atoms with van der Waals surface area (Å²) in [7, 11) is 0. The number of ether oxygens (including phenoxy) is 1. The van der Waals surface area contributed by atoms with Gasteiger partial charge in [-0.05, 0) is 42.0 Å². The lowest BCUT2D eigenvalue weighted by Gasteiger charge is -2.12. The van der Waals surface area contributed by atoms with Gasteiger partial charge in [0.05, 0.1) is 5.41 Å². The van der Waals surface area contributed by atoms with Crippen LogP contribution in [0.2, 0.25) is 0 Å². The number of nitrogens with zero attached hydrogens (tertiary/aromatic N) is 1. The fraction of sp³-hybridized carbons (Fsp3) is 0.179. The van der Waals surface area contributed by atoms with Gasteiger partial charge in [0.25, 0.3) is 0 Å². The van der Waals surface area contributed by atoms with Gasteiger partial charge in [0, 0.05) is 5.56 Å². The molecule has 170 valence electrons. The predicted octanol–water partition coefficient (Wildman–Crippen LogP) is 6.38. The Morgan fingerprint density at radius 2 is 1.53 bits per heavy atom. The number of oxazole rings is 1. The van der Waals surface area contributed by atoms with Gasteiger partial charge in [0.2, 0.25) is 0 Å². The highest BCUT2D eigenvalue weighted by Crippen LogP contribution is 2.49. The van der Waals surface area contributed by atoms with Crippen molar-refractivity contribution in [1.29, 1.82) is 0 Å². The van der Waals surface area contributed by atoms with Gasteiger partial charge < -0.3 is 9.15 Å². The van der Waals surface area contributed by atoms with Crippen LogP contribution in [0.1, 0.15) is 30.9 Å². The van der Waals surface area contributed by atoms with Gasteiger partial charge in [0.15, 0.2) is 18.0 Å². The number of hydrogen-bond acceptors (Lipinski definition) is 5. The minimum absolute atomic E-state index is 0.168. The Morgan fingerprint density at radius 3 is 2.15 bits per heavy atom. The Bertz CT molecular complexity index is 1300. The molecule has 34 heavy (non-hydrogen) atoms. The number of hydrogen-bond donors (Lipinski definition) is 1. The van der Waals surface area contributed by atoms with Crippen molar-refractivity contribution in [2.24, 2.45) is 0 Å². The van der Waals surface area contributed by atoms with Gasteiger partial charge in [-0.2, -0.15) is 4.98 Å². The van der Waals surface area contributed by atoms with E-state index in [1.807, 2.05) is 54.6 Å². The average Bonchev–Trinajstić information content (AvgIpc) is 3.57. The van der Waals surface area contributed by atoms with Crippen molar-refractivity contribution in [1.82, 2.24) is 4.98 Å². The Kier molecular flexibility index (Phi) is 5.72. The highest BCUT2D eigenvalue weighted by atomic mass is 16.5. The summed E-state index contributed by atoms with van der Waals surface area (Å²) in [6, 6.07) is 25.5. The summed E-state index contributed by atoms with van der Waals surface area (Å²) >= 11 is 0. The maximum absolute atomic E-state index is 12.2. The summed E-state index contributed by atoms with van der Waals surface area (Å²) in [6.07, 6.45) is 2.56. The molecule has 1 fully saturated rings. The lowest BCUT2D eigenvalue weighted by atomic mass is 9.90. The third-order valence-corrected chi connectivity index (χ3v) is 6.34. The van der Waals surface area contributed by atoms with E-state index in [9.17, 15) is 9.59 Å². The van der Waals surface area contributed by atoms with Gasteiger partial charge in [0.1, 0.15) is 12.4 Å². The van der Waals surface area contributed by atoms with Gasteiger partial charge in [-0.3, -0.25) is 10.1 Å². The fourth-order valence-electron chi connectivity index (χ4n) is 4.16. The number of rotatable bonds is 7. The molecule has 1 amide bonds. The van der Waals surface area contributed by atoms with E-state index in [1.165, 1.54) is 6.39 Å². The molecule has 0 atom stereocenters. The topological polar surface area (TPSA) is 81.4 Å². The molecule has 0 radical (unpaired) electrons. The quantitative estimate of drug-likeness (QED) is 0.352. The van der Waals surface area contributed by atoms with Crippen LogP contribution in [0.3, 0.4) is 0 Å². The molecule has 1 aliphatic carbocycles. The molecule has 0 bridgehead atoms. The number of Topliss-reactive ketones (excluding diaryl/α,β-unsaturated/α-hetero) is 1. The number of aromatic nitrogens is 1. The van der Waals surface area contributed by atoms with Gasteiger partial charge in [-0.1, -0.05) is 78.9 Å². The van der Waals surface area contributed by atoms with Crippen LogP contribution in [0.5, 0.6) is 0 Å². The van der Waals surface area contributed by atoms with E-state index >= 15 is 0 Å². The zero-order chi connectivity index (χ0) is 23.5. The SMILES string of the molecule is CC(=O)C1(c2ccc(-c3ccc(-c4ocnc4NC(=O)OCc4ccccc4)cc3)cc2)CC1. The van der Waals surface area contributed by atoms with Gasteiger partial charge in [-0.25, -0.2) is 4.79 Å². The first kappa shape index (κ1) is 21.6. The predicted molar refractivity (Wildman–Crippen MR) is 129 cm³/mol. The average molecular weight is 453 g/mol. The van der Waals surface area contributed by atoms with Crippen LogP contribution < -0.4 is 5.32 Å². The number of carbonyl (C=O) groups excluding carboxylic acids is 2. The van der Waals surface area contributed by atoms with E-state index in [1.54, 1.807) is 6.92 Å². The maximum Gasteiger partial charge on any atom is 0.413 e. The molecule has 3 aromatic carbocycles. The van der Waals surface area contributed by atoms with E-state index in [2.05, 4.69) is 34.6 Å². The molecule has 0 unspecified atom stereocenters. The summed E-state index contributed by atoms with van der Waals surface area (Å²) in [5.41, 5.74) is 4.62. The molecule has 1 N–H and O–H groups in total. The molecular formula is C28H24N2O4. The second kappa shape index (κ2) is 8.98. The molecule has 1 saturated carbocycles. The zero-order valence-electron chi connectivity index (χ0n) is 18.8. The standard InChI is InChI=1S/C28H24N2O4/c1-19(31)28(15-16-28)24-13-11-22(12-14-24)21-7-9-23(10-8-21)25-26(29-18-34-25)30-27(32)33-17-20-5-3-2-4-6-20/h2-14,18H,15-17H2,1H3,(H,30,32). The van der Waals surface area contributed by atoms with Crippen molar-refractivity contribution in [3.8, 4) is 22.5 Å². The summed E-state index contributed by atoms with van der Waals surface area (Å²) in [6.45, 7) is 1.84. The fourth-order valence-corrected chi connectivity index (χ4v) is 4.16. The number of anilines is 1. The van der Waals surface area contributed by atoms with Gasteiger partial charge >= 0.3 is 6.09 Å². The highest BCUT2D eigenvalue weighted by Gasteiger charge is 2.48. The number of benzene rings is 3. The molecule has 4 aromatic rings. The summed E-state index contributed by atoms with van der Waals surface area (Å²) in [5.74, 6) is 0.995. The van der Waals surface area contributed by atoms with E-state index in [0.29, 0.717) is 11.6 Å². The molecule has 0 spiro atoms. The van der Waals surface area contributed by atoms with Crippen molar-refractivity contribution in [2.75, 3.05) is 5.32 Å². The Morgan fingerprint density at radius 1 is 0.912 bits per heavy atom. The van der Waals surface area contributed by atoms with E-state index < -0.39 is 6.09 Å². The summed E-state index contributed by atoms with van der Waals surface area (Å²) in [5, 5.41) is 2.65. The second-order valence-electron chi connectivity index (χ2n) is 8.51. The van der Waals surface area contributed by atoms with E-state index in [0.717, 1.165) is 40.7 Å². The molecule has 6 nitrogen and oxygen atoms in total. The van der Waals surface area contributed by atoms with Gasteiger partial charge in [-0.15, -0.1) is 0 Å². The van der Waals surface area contributed by atoms with Crippen LogP contribution in [-0.4, -0.2) is 16.9 Å². The monoisotopic (exact) mass is 452 g/mol. The van der Waals surface area contributed by atoms with Crippen LogP contribution >= 0.6 is 0 Å². The van der Waals surface area contributed by atoms with E-state index in [-0.39, 0.29) is 17.8 Å². The van der Waals surface area contributed by atoms with Crippen LogP contribution in [-0.2, 0) is 21.6 Å². The molecule has 6 heteroatoms. The number of ketones is 1. The minimum Gasteiger partial charge on any atom is -0.444 e. The van der Waals surface area contributed by atoms with Crippen molar-refractivity contribution in [3.05, 3.63) is 96.4 Å². The van der Waals surface area contributed by atoms with Crippen molar-refractivity contribution in [2.45, 2.75) is 31.8 Å². The number of carbonyl (C=O) groups is 2. The molecular weight excluding hydrogens is 428 g/mol.